The van der Waals surface area contributed by atoms with Gasteiger partial charge in [-0.25, -0.2) is 12.8 Å². The van der Waals surface area contributed by atoms with Gasteiger partial charge >= 0.3 is 0 Å². The molecule has 0 aromatic heterocycles. The first kappa shape index (κ1) is 33.9. The number of aryl methyl sites for hydroxylation is 2. The topological polar surface area (TPSA) is 86.8 Å². The van der Waals surface area contributed by atoms with E-state index in [1.807, 2.05) is 50.2 Å². The quantitative estimate of drug-likeness (QED) is 0.184. The van der Waals surface area contributed by atoms with Crippen molar-refractivity contribution in [2.24, 2.45) is 0 Å². The van der Waals surface area contributed by atoms with E-state index < -0.39 is 34.3 Å². The fourth-order valence-electron chi connectivity index (χ4n) is 6.06. The van der Waals surface area contributed by atoms with E-state index in [4.69, 9.17) is 0 Å². The number of rotatable bonds is 12. The molecule has 0 bridgehead atoms. The molecule has 0 spiro atoms. The Morgan fingerprint density at radius 3 is 2.19 bits per heavy atom. The summed E-state index contributed by atoms with van der Waals surface area (Å²) in [6.07, 6.45) is 5.00. The van der Waals surface area contributed by atoms with E-state index in [1.165, 1.54) is 23.1 Å². The van der Waals surface area contributed by atoms with E-state index in [9.17, 15) is 18.0 Å². The average Bonchev–Trinajstić information content (AvgIpc) is 3.07. The summed E-state index contributed by atoms with van der Waals surface area (Å²) < 4.78 is 44.6. The standard InChI is InChI=1S/C38H42FN3O4S/c1-28-20-22-34(23-21-28)47(45,46)42(33-18-11-12-29(2)24-33)27-37(43)41(26-31-15-9-10-19-35(31)39)36(25-30-13-5-3-6-14-30)38(44)40-32-16-7-4-8-17-32/h3,5-6,9-15,18-24,32,36H,4,7-8,16-17,25-27H2,1-2H3,(H,40,44). The molecular weight excluding hydrogens is 614 g/mol. The van der Waals surface area contributed by atoms with E-state index in [0.29, 0.717) is 5.69 Å². The summed E-state index contributed by atoms with van der Waals surface area (Å²) >= 11 is 0. The Balaban J connectivity index is 1.57. The van der Waals surface area contributed by atoms with Crippen molar-refractivity contribution in [3.63, 3.8) is 0 Å². The van der Waals surface area contributed by atoms with Gasteiger partial charge in [0.1, 0.15) is 18.4 Å². The summed E-state index contributed by atoms with van der Waals surface area (Å²) in [7, 11) is -4.21. The zero-order valence-electron chi connectivity index (χ0n) is 26.9. The highest BCUT2D eigenvalue weighted by Gasteiger charge is 2.35. The van der Waals surface area contributed by atoms with Gasteiger partial charge in [-0.15, -0.1) is 0 Å². The molecule has 1 fully saturated rings. The maximum absolute atomic E-state index is 15.1. The van der Waals surface area contributed by atoms with Gasteiger partial charge in [0.05, 0.1) is 10.6 Å². The molecule has 1 N–H and O–H groups in total. The molecule has 1 unspecified atom stereocenters. The van der Waals surface area contributed by atoms with Gasteiger partial charge < -0.3 is 10.2 Å². The lowest BCUT2D eigenvalue weighted by molar-refractivity contribution is -0.140. The van der Waals surface area contributed by atoms with Gasteiger partial charge in [-0.05, 0) is 68.1 Å². The van der Waals surface area contributed by atoms with Crippen LogP contribution < -0.4 is 9.62 Å². The number of hydrogen-bond acceptors (Lipinski definition) is 4. The van der Waals surface area contributed by atoms with Gasteiger partial charge in [0, 0.05) is 24.6 Å². The second-order valence-electron chi connectivity index (χ2n) is 12.3. The van der Waals surface area contributed by atoms with Crippen molar-refractivity contribution < 1.29 is 22.4 Å². The van der Waals surface area contributed by atoms with Crippen molar-refractivity contribution in [1.29, 1.82) is 0 Å². The van der Waals surface area contributed by atoms with Crippen molar-refractivity contribution >= 4 is 27.5 Å². The summed E-state index contributed by atoms with van der Waals surface area (Å²) in [6, 6.07) is 27.8. The van der Waals surface area contributed by atoms with Crippen molar-refractivity contribution in [1.82, 2.24) is 10.2 Å². The average molecular weight is 656 g/mol. The molecule has 0 saturated heterocycles. The smallest absolute Gasteiger partial charge is 0.264 e. The van der Waals surface area contributed by atoms with Crippen molar-refractivity contribution in [3.8, 4) is 0 Å². The highest BCUT2D eigenvalue weighted by molar-refractivity contribution is 7.92. The van der Waals surface area contributed by atoms with Crippen molar-refractivity contribution in [3.05, 3.63) is 131 Å². The van der Waals surface area contributed by atoms with Crippen LogP contribution in [-0.2, 0) is 32.6 Å². The maximum atomic E-state index is 15.1. The first-order chi connectivity index (χ1) is 22.6. The fourth-order valence-corrected chi connectivity index (χ4v) is 7.46. The molecule has 4 aromatic rings. The van der Waals surface area contributed by atoms with Crippen LogP contribution in [0.3, 0.4) is 0 Å². The number of benzene rings is 4. The Labute approximate surface area is 277 Å². The zero-order valence-corrected chi connectivity index (χ0v) is 27.8. The SMILES string of the molecule is Cc1ccc(S(=O)(=O)N(CC(=O)N(Cc2ccccc2F)C(Cc2ccccc2)C(=O)NC2CCCCC2)c2cccc(C)c2)cc1. The van der Waals surface area contributed by atoms with E-state index in [0.717, 1.165) is 53.1 Å². The third kappa shape index (κ3) is 8.65. The Morgan fingerprint density at radius 2 is 1.51 bits per heavy atom. The summed E-state index contributed by atoms with van der Waals surface area (Å²) in [5.41, 5.74) is 3.08. The minimum Gasteiger partial charge on any atom is -0.352 e. The molecular formula is C38H42FN3O4S. The third-order valence-corrected chi connectivity index (χ3v) is 10.5. The lowest BCUT2D eigenvalue weighted by Gasteiger charge is -2.35. The van der Waals surface area contributed by atoms with E-state index >= 15 is 4.39 Å². The molecule has 4 aromatic carbocycles. The fraction of sp³-hybridized carbons (Fsp3) is 0.316. The zero-order chi connectivity index (χ0) is 33.4. The van der Waals surface area contributed by atoms with Gasteiger partial charge in [-0.1, -0.05) is 97.6 Å². The monoisotopic (exact) mass is 655 g/mol. The maximum Gasteiger partial charge on any atom is 0.264 e. The number of halogens is 1. The van der Waals surface area contributed by atoms with Crippen LogP contribution in [0.4, 0.5) is 10.1 Å². The Bertz CT molecular complexity index is 1770. The summed E-state index contributed by atoms with van der Waals surface area (Å²) in [5.74, 6) is -1.47. The van der Waals surface area contributed by atoms with Crippen LogP contribution in [0, 0.1) is 19.7 Å². The predicted molar refractivity (Wildman–Crippen MR) is 183 cm³/mol. The number of carbonyl (C=O) groups excluding carboxylic acids is 2. The second-order valence-corrected chi connectivity index (χ2v) is 14.2. The van der Waals surface area contributed by atoms with E-state index in [1.54, 1.807) is 48.5 Å². The molecule has 1 saturated carbocycles. The molecule has 1 aliphatic rings. The highest BCUT2D eigenvalue weighted by atomic mass is 32.2. The van der Waals surface area contributed by atoms with E-state index in [2.05, 4.69) is 5.32 Å². The first-order valence-corrected chi connectivity index (χ1v) is 17.6. The molecule has 246 valence electrons. The van der Waals surface area contributed by atoms with Crippen LogP contribution in [0.25, 0.3) is 0 Å². The number of carbonyl (C=O) groups is 2. The number of anilines is 1. The third-order valence-electron chi connectivity index (χ3n) is 8.70. The van der Waals surface area contributed by atoms with Gasteiger partial charge in [-0.2, -0.15) is 0 Å². The van der Waals surface area contributed by atoms with Crippen LogP contribution in [0.15, 0.2) is 108 Å². The molecule has 2 amide bonds. The van der Waals surface area contributed by atoms with Gasteiger partial charge in [0.25, 0.3) is 10.0 Å². The largest absolute Gasteiger partial charge is 0.352 e. The van der Waals surface area contributed by atoms with Crippen molar-refractivity contribution in [2.45, 2.75) is 75.9 Å². The van der Waals surface area contributed by atoms with Gasteiger partial charge in [0.15, 0.2) is 0 Å². The van der Waals surface area contributed by atoms with Crippen molar-refractivity contribution in [2.75, 3.05) is 10.8 Å². The number of amides is 2. The molecule has 0 heterocycles. The molecule has 47 heavy (non-hydrogen) atoms. The summed E-state index contributed by atoms with van der Waals surface area (Å²) in [4.78, 5) is 30.1. The number of sulfonamides is 1. The highest BCUT2D eigenvalue weighted by Crippen LogP contribution is 2.27. The van der Waals surface area contributed by atoms with Crippen LogP contribution in [0.2, 0.25) is 0 Å². The molecule has 0 aliphatic heterocycles. The van der Waals surface area contributed by atoms with Crippen LogP contribution in [0.5, 0.6) is 0 Å². The number of hydrogen-bond donors (Lipinski definition) is 1. The van der Waals surface area contributed by atoms with Crippen LogP contribution in [-0.4, -0.2) is 43.8 Å². The summed E-state index contributed by atoms with van der Waals surface area (Å²) in [5, 5.41) is 3.17. The molecule has 7 nitrogen and oxygen atoms in total. The number of nitrogens with one attached hydrogen (secondary N) is 1. The van der Waals surface area contributed by atoms with Gasteiger partial charge in [-0.3, -0.25) is 13.9 Å². The minimum absolute atomic E-state index is 0.0226. The molecule has 1 aliphatic carbocycles. The Morgan fingerprint density at radius 1 is 0.830 bits per heavy atom. The second kappa shape index (κ2) is 15.4. The molecule has 9 heteroatoms. The summed E-state index contributed by atoms with van der Waals surface area (Å²) in [6.45, 7) is 2.91. The van der Waals surface area contributed by atoms with Crippen LogP contribution >= 0.6 is 0 Å². The molecule has 0 radical (unpaired) electrons. The van der Waals surface area contributed by atoms with E-state index in [-0.39, 0.29) is 35.4 Å². The number of nitrogens with zero attached hydrogens (tertiary/aromatic N) is 2. The lowest BCUT2D eigenvalue weighted by atomic mass is 9.94. The Hall–Kier alpha value is -4.50. The predicted octanol–water partition coefficient (Wildman–Crippen LogP) is 6.73. The molecule has 5 rings (SSSR count). The van der Waals surface area contributed by atoms with Gasteiger partial charge in [0.2, 0.25) is 11.8 Å². The lowest BCUT2D eigenvalue weighted by Crippen LogP contribution is -2.55. The minimum atomic E-state index is -4.21. The normalized spacial score (nSPS) is 14.3. The van der Waals surface area contributed by atoms with Crippen LogP contribution in [0.1, 0.15) is 54.4 Å². The Kier molecular flexibility index (Phi) is 11.1. The molecule has 1 atom stereocenters. The first-order valence-electron chi connectivity index (χ1n) is 16.1.